The number of carbonyl (C=O) groups excluding carboxylic acids is 1. The summed E-state index contributed by atoms with van der Waals surface area (Å²) in [6.45, 7) is 3.37. The van der Waals surface area contributed by atoms with Crippen LogP contribution in [-0.4, -0.2) is 41.3 Å². The molecule has 3 aromatic rings. The molecule has 8 heteroatoms. The van der Waals surface area contributed by atoms with Crippen LogP contribution in [0.4, 0.5) is 6.01 Å². The number of anilines is 1. The number of hydrogen-bond donors (Lipinski definition) is 1. The van der Waals surface area contributed by atoms with Crippen molar-refractivity contribution in [2.24, 2.45) is 5.92 Å². The van der Waals surface area contributed by atoms with Crippen molar-refractivity contribution in [3.8, 4) is 17.2 Å². The highest BCUT2D eigenvalue weighted by Crippen LogP contribution is 2.27. The van der Waals surface area contributed by atoms with E-state index in [-0.39, 0.29) is 17.9 Å². The molecule has 0 saturated carbocycles. The standard InChI is InChI=1S/C22H25N5O3/c1-15(18-4-3-11-23-14-18)24-20(28)16-9-12-27(13-10-16)22-26-25-21(30-22)17-5-7-19(29-2)8-6-17/h3-8,11,14-16H,9-10,12-13H2,1-2H3,(H,24,28)/t15-/m1/s1. The highest BCUT2D eigenvalue weighted by molar-refractivity contribution is 5.79. The zero-order chi connectivity index (χ0) is 20.9. The smallest absolute Gasteiger partial charge is 0.318 e. The Kier molecular flexibility index (Phi) is 5.92. The quantitative estimate of drug-likeness (QED) is 0.670. The number of methoxy groups -OCH3 is 1. The third kappa shape index (κ3) is 4.42. The number of ether oxygens (including phenoxy) is 1. The zero-order valence-corrected chi connectivity index (χ0v) is 17.1. The monoisotopic (exact) mass is 407 g/mol. The van der Waals surface area contributed by atoms with Crippen LogP contribution in [0.1, 0.15) is 31.4 Å². The molecule has 1 amide bonds. The van der Waals surface area contributed by atoms with Gasteiger partial charge in [-0.05, 0) is 55.7 Å². The fraction of sp³-hybridized carbons (Fsp3) is 0.364. The Balaban J connectivity index is 1.32. The Morgan fingerprint density at radius 1 is 1.20 bits per heavy atom. The maximum absolute atomic E-state index is 12.7. The highest BCUT2D eigenvalue weighted by Gasteiger charge is 2.28. The van der Waals surface area contributed by atoms with Gasteiger partial charge < -0.3 is 19.4 Å². The minimum atomic E-state index is -0.0628. The average molecular weight is 407 g/mol. The first-order chi connectivity index (χ1) is 14.6. The van der Waals surface area contributed by atoms with Crippen molar-refractivity contribution in [1.82, 2.24) is 20.5 Å². The minimum absolute atomic E-state index is 0.0237. The summed E-state index contributed by atoms with van der Waals surface area (Å²) in [7, 11) is 1.63. The second kappa shape index (κ2) is 8.94. The molecule has 0 radical (unpaired) electrons. The van der Waals surface area contributed by atoms with Crippen molar-refractivity contribution < 1.29 is 13.9 Å². The van der Waals surface area contributed by atoms with Crippen LogP contribution in [0.25, 0.3) is 11.5 Å². The third-order valence-corrected chi connectivity index (χ3v) is 5.43. The van der Waals surface area contributed by atoms with E-state index in [0.29, 0.717) is 25.0 Å². The summed E-state index contributed by atoms with van der Waals surface area (Å²) in [5.74, 6) is 1.30. The molecule has 1 aromatic carbocycles. The number of carbonyl (C=O) groups is 1. The SMILES string of the molecule is COc1ccc(-c2nnc(N3CCC(C(=O)N[C@H](C)c4cccnc4)CC3)o2)cc1. The van der Waals surface area contributed by atoms with Gasteiger partial charge in [0.2, 0.25) is 11.8 Å². The lowest BCUT2D eigenvalue weighted by atomic mass is 9.95. The van der Waals surface area contributed by atoms with Gasteiger partial charge in [-0.3, -0.25) is 9.78 Å². The number of rotatable bonds is 6. The summed E-state index contributed by atoms with van der Waals surface area (Å²) in [4.78, 5) is 18.8. The van der Waals surface area contributed by atoms with Gasteiger partial charge in [0.05, 0.1) is 13.2 Å². The molecular weight excluding hydrogens is 382 g/mol. The molecule has 2 aromatic heterocycles. The molecule has 8 nitrogen and oxygen atoms in total. The third-order valence-electron chi connectivity index (χ3n) is 5.43. The van der Waals surface area contributed by atoms with Gasteiger partial charge in [-0.25, -0.2) is 0 Å². The van der Waals surface area contributed by atoms with Gasteiger partial charge in [-0.2, -0.15) is 0 Å². The first kappa shape index (κ1) is 19.9. The summed E-state index contributed by atoms with van der Waals surface area (Å²) in [6.07, 6.45) is 4.99. The van der Waals surface area contributed by atoms with Gasteiger partial charge in [-0.1, -0.05) is 11.2 Å². The molecule has 1 N–H and O–H groups in total. The van der Waals surface area contributed by atoms with Crippen molar-refractivity contribution in [2.75, 3.05) is 25.1 Å². The first-order valence-corrected chi connectivity index (χ1v) is 10.1. The minimum Gasteiger partial charge on any atom is -0.497 e. The van der Waals surface area contributed by atoms with Gasteiger partial charge >= 0.3 is 6.01 Å². The second-order valence-corrected chi connectivity index (χ2v) is 7.40. The second-order valence-electron chi connectivity index (χ2n) is 7.40. The molecule has 1 saturated heterocycles. The Hall–Kier alpha value is -3.42. The molecule has 1 aliphatic rings. The lowest BCUT2D eigenvalue weighted by Crippen LogP contribution is -2.41. The van der Waals surface area contributed by atoms with Gasteiger partial charge in [-0.15, -0.1) is 5.10 Å². The predicted octanol–water partition coefficient (Wildman–Crippen LogP) is 3.23. The molecule has 156 valence electrons. The zero-order valence-electron chi connectivity index (χ0n) is 17.1. The van der Waals surface area contributed by atoms with Crippen molar-refractivity contribution >= 4 is 11.9 Å². The van der Waals surface area contributed by atoms with E-state index in [9.17, 15) is 4.79 Å². The molecule has 4 rings (SSSR count). The largest absolute Gasteiger partial charge is 0.497 e. The van der Waals surface area contributed by atoms with Crippen molar-refractivity contribution in [1.29, 1.82) is 0 Å². The van der Waals surface area contributed by atoms with E-state index in [4.69, 9.17) is 9.15 Å². The van der Waals surface area contributed by atoms with E-state index >= 15 is 0 Å². The fourth-order valence-electron chi connectivity index (χ4n) is 3.57. The number of nitrogens with one attached hydrogen (secondary N) is 1. The van der Waals surface area contributed by atoms with Crippen molar-refractivity contribution in [3.05, 3.63) is 54.4 Å². The van der Waals surface area contributed by atoms with Gasteiger partial charge in [0.15, 0.2) is 0 Å². The first-order valence-electron chi connectivity index (χ1n) is 10.1. The lowest BCUT2D eigenvalue weighted by Gasteiger charge is -2.30. The summed E-state index contributed by atoms with van der Waals surface area (Å²) < 4.78 is 11.0. The Bertz CT molecular complexity index is 966. The fourth-order valence-corrected chi connectivity index (χ4v) is 3.57. The summed E-state index contributed by atoms with van der Waals surface area (Å²) in [5.41, 5.74) is 1.84. The highest BCUT2D eigenvalue weighted by atomic mass is 16.5. The number of benzene rings is 1. The summed E-state index contributed by atoms with van der Waals surface area (Å²) >= 11 is 0. The van der Waals surface area contributed by atoms with E-state index in [2.05, 4.69) is 20.5 Å². The number of amides is 1. The van der Waals surface area contributed by atoms with Crippen molar-refractivity contribution in [3.63, 3.8) is 0 Å². The van der Waals surface area contributed by atoms with Crippen molar-refractivity contribution in [2.45, 2.75) is 25.8 Å². The molecule has 30 heavy (non-hydrogen) atoms. The van der Waals surface area contributed by atoms with Crippen LogP contribution in [-0.2, 0) is 4.79 Å². The Labute approximate surface area is 175 Å². The van der Waals surface area contributed by atoms with E-state index < -0.39 is 0 Å². The topological polar surface area (TPSA) is 93.4 Å². The molecule has 1 atom stereocenters. The normalized spacial score (nSPS) is 15.6. The number of pyridine rings is 1. The summed E-state index contributed by atoms with van der Waals surface area (Å²) in [5, 5.41) is 11.4. The Morgan fingerprint density at radius 2 is 1.97 bits per heavy atom. The van der Waals surface area contributed by atoms with Crippen LogP contribution < -0.4 is 15.0 Å². The molecule has 3 heterocycles. The average Bonchev–Trinajstić information content (AvgIpc) is 3.30. The van der Waals surface area contributed by atoms with Crippen LogP contribution in [0.2, 0.25) is 0 Å². The number of piperidine rings is 1. The molecule has 0 unspecified atom stereocenters. The molecule has 0 aliphatic carbocycles. The Morgan fingerprint density at radius 3 is 2.63 bits per heavy atom. The maximum Gasteiger partial charge on any atom is 0.318 e. The molecule has 1 fully saturated rings. The number of nitrogens with zero attached hydrogens (tertiary/aromatic N) is 4. The molecule has 1 aliphatic heterocycles. The number of hydrogen-bond acceptors (Lipinski definition) is 7. The lowest BCUT2D eigenvalue weighted by molar-refractivity contribution is -0.126. The van der Waals surface area contributed by atoms with Crippen LogP contribution in [0.15, 0.2) is 53.2 Å². The maximum atomic E-state index is 12.7. The van der Waals surface area contributed by atoms with E-state index in [0.717, 1.165) is 29.7 Å². The van der Waals surface area contributed by atoms with E-state index in [1.807, 2.05) is 48.2 Å². The summed E-state index contributed by atoms with van der Waals surface area (Å²) in [6, 6.07) is 11.8. The van der Waals surface area contributed by atoms with Crippen LogP contribution in [0.3, 0.4) is 0 Å². The van der Waals surface area contributed by atoms with Gasteiger partial charge in [0.1, 0.15) is 5.75 Å². The molecule has 0 spiro atoms. The van der Waals surface area contributed by atoms with Crippen LogP contribution >= 0.6 is 0 Å². The molecular formula is C22H25N5O3. The predicted molar refractivity (Wildman–Crippen MR) is 112 cm³/mol. The number of aromatic nitrogens is 3. The van der Waals surface area contributed by atoms with Crippen LogP contribution in [0.5, 0.6) is 5.75 Å². The van der Waals surface area contributed by atoms with Gasteiger partial charge in [0.25, 0.3) is 0 Å². The van der Waals surface area contributed by atoms with E-state index in [1.54, 1.807) is 19.5 Å². The van der Waals surface area contributed by atoms with Gasteiger partial charge in [0, 0.05) is 37.0 Å². The van der Waals surface area contributed by atoms with E-state index in [1.165, 1.54) is 0 Å². The van der Waals surface area contributed by atoms with Crippen LogP contribution in [0, 0.1) is 5.92 Å². The molecule has 0 bridgehead atoms.